The minimum absolute atomic E-state index is 0.00366. The van der Waals surface area contributed by atoms with Gasteiger partial charge in [0.15, 0.2) is 5.79 Å². The number of carbonyl (C=O) groups excluding carboxylic acids is 1. The van der Waals surface area contributed by atoms with Crippen molar-refractivity contribution in [3.8, 4) is 0 Å². The van der Waals surface area contributed by atoms with Gasteiger partial charge in [0, 0.05) is 38.4 Å². The number of methoxy groups -OCH3 is 3. The fourth-order valence-corrected chi connectivity index (χ4v) is 6.86. The molecule has 0 amide bonds. The zero-order chi connectivity index (χ0) is 33.4. The van der Waals surface area contributed by atoms with Gasteiger partial charge >= 0.3 is 5.97 Å². The maximum absolute atomic E-state index is 13.6. The van der Waals surface area contributed by atoms with E-state index < -0.39 is 48.0 Å². The van der Waals surface area contributed by atoms with Crippen LogP contribution in [-0.2, 0) is 28.5 Å². The summed E-state index contributed by atoms with van der Waals surface area (Å²) in [5.74, 6) is -2.07. The third-order valence-corrected chi connectivity index (χ3v) is 9.70. The lowest BCUT2D eigenvalue weighted by Crippen LogP contribution is -2.56. The number of aliphatic hydroxyl groups excluding tert-OH is 2. The summed E-state index contributed by atoms with van der Waals surface area (Å²) in [4.78, 5) is 13.6. The number of rotatable bonds is 8. The van der Waals surface area contributed by atoms with Crippen LogP contribution in [-0.4, -0.2) is 73.8 Å². The number of aliphatic hydroxyl groups is 2. The molecule has 0 aromatic rings. The van der Waals surface area contributed by atoms with Crippen LogP contribution in [0.25, 0.3) is 0 Å². The number of cyclic esters (lactones) is 1. The summed E-state index contributed by atoms with van der Waals surface area (Å²) >= 11 is 0. The standard InChI is InChI=1S/C36H60O8/c1-21(2)33-24(5)16-17-36(42-12,44-33)28(9)32(38)27(8)34-29(40-10)15-13-14-22(3)18-25(6)31(37)26(7)19-23(4)20-30(41-11)35(39)43-34/h13-15,19-21,24-29,31-34,37-38H,16-18H2,1-12H3/t24-,25-,26+,27-,28-,29-,31-,32+,33+,34+,36+/m0/s1. The van der Waals surface area contributed by atoms with Crippen LogP contribution in [0.4, 0.5) is 0 Å². The summed E-state index contributed by atoms with van der Waals surface area (Å²) in [5.41, 5.74) is 1.87. The Morgan fingerprint density at radius 1 is 1.02 bits per heavy atom. The van der Waals surface area contributed by atoms with E-state index in [1.807, 2.05) is 65.8 Å². The number of ether oxygens (including phenoxy) is 5. The van der Waals surface area contributed by atoms with E-state index >= 15 is 0 Å². The minimum atomic E-state index is -0.979. The summed E-state index contributed by atoms with van der Waals surface area (Å²) in [6.07, 6.45) is 8.50. The molecule has 0 spiro atoms. The van der Waals surface area contributed by atoms with Crippen LogP contribution in [0.5, 0.6) is 0 Å². The molecule has 1 fully saturated rings. The summed E-state index contributed by atoms with van der Waals surface area (Å²) in [7, 11) is 4.61. The second kappa shape index (κ2) is 17.1. The topological polar surface area (TPSA) is 104 Å². The Morgan fingerprint density at radius 2 is 1.68 bits per heavy atom. The van der Waals surface area contributed by atoms with Crippen LogP contribution in [0.1, 0.15) is 81.6 Å². The van der Waals surface area contributed by atoms with E-state index in [2.05, 4.69) is 20.8 Å². The van der Waals surface area contributed by atoms with Crippen molar-refractivity contribution in [2.75, 3.05) is 21.3 Å². The summed E-state index contributed by atoms with van der Waals surface area (Å²) in [6.45, 7) is 18.2. The van der Waals surface area contributed by atoms with Crippen molar-refractivity contribution in [2.24, 2.45) is 35.5 Å². The molecule has 0 aliphatic carbocycles. The fourth-order valence-electron chi connectivity index (χ4n) is 6.86. The molecule has 8 heteroatoms. The number of hydrogen-bond acceptors (Lipinski definition) is 8. The van der Waals surface area contributed by atoms with Gasteiger partial charge in [-0.15, -0.1) is 0 Å². The van der Waals surface area contributed by atoms with Crippen molar-refractivity contribution in [1.82, 2.24) is 0 Å². The maximum atomic E-state index is 13.6. The predicted molar refractivity (Wildman–Crippen MR) is 174 cm³/mol. The highest BCUT2D eigenvalue weighted by Crippen LogP contribution is 2.43. The van der Waals surface area contributed by atoms with Gasteiger partial charge < -0.3 is 33.9 Å². The van der Waals surface area contributed by atoms with E-state index in [0.717, 1.165) is 24.0 Å². The highest BCUT2D eigenvalue weighted by Gasteiger charge is 2.50. The lowest BCUT2D eigenvalue weighted by molar-refractivity contribution is -0.323. The van der Waals surface area contributed by atoms with Gasteiger partial charge in [0.2, 0.25) is 5.76 Å². The van der Waals surface area contributed by atoms with Gasteiger partial charge in [-0.3, -0.25) is 0 Å². The van der Waals surface area contributed by atoms with E-state index in [4.69, 9.17) is 23.7 Å². The molecule has 44 heavy (non-hydrogen) atoms. The smallest absolute Gasteiger partial charge is 0.373 e. The van der Waals surface area contributed by atoms with Crippen LogP contribution in [0.15, 0.2) is 47.3 Å². The number of carbonyl (C=O) groups is 1. The zero-order valence-corrected chi connectivity index (χ0v) is 29.2. The molecule has 11 atom stereocenters. The monoisotopic (exact) mass is 620 g/mol. The van der Waals surface area contributed by atoms with Crippen LogP contribution in [0.2, 0.25) is 0 Å². The number of allylic oxidation sites excluding steroid dienone is 5. The molecule has 2 aliphatic heterocycles. The Hall–Kier alpha value is -1.97. The molecule has 8 nitrogen and oxygen atoms in total. The molecule has 2 N–H and O–H groups in total. The second-order valence-electron chi connectivity index (χ2n) is 13.6. The molecule has 1 saturated heterocycles. The lowest BCUT2D eigenvalue weighted by atomic mass is 9.77. The first-order valence-electron chi connectivity index (χ1n) is 16.2. The first-order valence-corrected chi connectivity index (χ1v) is 16.2. The van der Waals surface area contributed by atoms with Crippen molar-refractivity contribution in [3.05, 3.63) is 47.3 Å². The number of esters is 1. The highest BCUT2D eigenvalue weighted by atomic mass is 16.7. The fraction of sp³-hybridized carbons (Fsp3) is 0.750. The normalized spacial score (nSPS) is 35.2. The summed E-state index contributed by atoms with van der Waals surface area (Å²) in [5, 5.41) is 22.8. The molecule has 0 aromatic heterocycles. The molecule has 0 radical (unpaired) electrons. The quantitative estimate of drug-likeness (QED) is 0.302. The van der Waals surface area contributed by atoms with E-state index in [1.165, 1.54) is 7.11 Å². The Labute approximate surface area is 266 Å². The Morgan fingerprint density at radius 3 is 2.25 bits per heavy atom. The van der Waals surface area contributed by atoms with E-state index in [0.29, 0.717) is 18.3 Å². The van der Waals surface area contributed by atoms with Crippen LogP contribution >= 0.6 is 0 Å². The predicted octanol–water partition coefficient (Wildman–Crippen LogP) is 6.38. The first kappa shape index (κ1) is 38.2. The van der Waals surface area contributed by atoms with Gasteiger partial charge in [0.1, 0.15) is 12.2 Å². The average Bonchev–Trinajstić information content (AvgIpc) is 2.99. The Kier molecular flexibility index (Phi) is 14.8. The van der Waals surface area contributed by atoms with Crippen LogP contribution in [0, 0.1) is 35.5 Å². The molecule has 252 valence electrons. The third-order valence-electron chi connectivity index (χ3n) is 9.70. The zero-order valence-electron chi connectivity index (χ0n) is 29.2. The Bertz CT molecular complexity index is 1040. The third kappa shape index (κ3) is 9.52. The Balaban J connectivity index is 2.53. The molecule has 0 saturated carbocycles. The van der Waals surface area contributed by atoms with Crippen LogP contribution < -0.4 is 0 Å². The van der Waals surface area contributed by atoms with Gasteiger partial charge in [-0.25, -0.2) is 4.79 Å². The molecular formula is C36H60O8. The summed E-state index contributed by atoms with van der Waals surface area (Å²) < 4.78 is 30.1. The average molecular weight is 621 g/mol. The molecule has 2 heterocycles. The van der Waals surface area contributed by atoms with Crippen LogP contribution in [0.3, 0.4) is 0 Å². The summed E-state index contributed by atoms with van der Waals surface area (Å²) in [6, 6.07) is 0. The highest BCUT2D eigenvalue weighted by molar-refractivity contribution is 5.87. The van der Waals surface area contributed by atoms with Gasteiger partial charge in [0.05, 0.1) is 25.4 Å². The SMILES string of the molecule is COC1=CC(C)=C[C@@H](C)[C@@H](O)[C@@H](C)CC(C)=CC=C[C@H](OC)[C@@H]([C@@H](C)[C@@H](O)[C@H](C)[C@@]2(OC)CC[C@H](C)[C@@H](C(C)C)O2)OC1=O. The van der Waals surface area contributed by atoms with E-state index in [9.17, 15) is 15.0 Å². The van der Waals surface area contributed by atoms with Crippen molar-refractivity contribution < 1.29 is 38.7 Å². The van der Waals surface area contributed by atoms with Crippen molar-refractivity contribution in [3.63, 3.8) is 0 Å². The molecular weight excluding hydrogens is 560 g/mol. The maximum Gasteiger partial charge on any atom is 0.373 e. The first-order chi connectivity index (χ1) is 20.6. The second-order valence-corrected chi connectivity index (χ2v) is 13.6. The van der Waals surface area contributed by atoms with Crippen molar-refractivity contribution in [1.29, 1.82) is 0 Å². The number of hydrogen-bond donors (Lipinski definition) is 2. The molecule has 0 unspecified atom stereocenters. The molecule has 2 aliphatic rings. The van der Waals surface area contributed by atoms with E-state index in [-0.39, 0.29) is 23.7 Å². The van der Waals surface area contributed by atoms with Gasteiger partial charge in [-0.05, 0) is 50.5 Å². The lowest BCUT2D eigenvalue weighted by Gasteiger charge is -2.49. The molecule has 0 bridgehead atoms. The largest absolute Gasteiger partial charge is 0.490 e. The minimum Gasteiger partial charge on any atom is -0.490 e. The van der Waals surface area contributed by atoms with Gasteiger partial charge in [0.25, 0.3) is 0 Å². The van der Waals surface area contributed by atoms with Crippen molar-refractivity contribution in [2.45, 2.75) is 118 Å². The van der Waals surface area contributed by atoms with Gasteiger partial charge in [-0.1, -0.05) is 83.9 Å². The van der Waals surface area contributed by atoms with E-state index in [1.54, 1.807) is 20.3 Å². The van der Waals surface area contributed by atoms with Gasteiger partial charge in [-0.2, -0.15) is 0 Å². The molecule has 2 rings (SSSR count). The van der Waals surface area contributed by atoms with Crippen molar-refractivity contribution >= 4 is 5.97 Å². The molecule has 0 aromatic carbocycles.